The first-order valence-corrected chi connectivity index (χ1v) is 10.6. The Hall–Kier alpha value is -3.39. The molecule has 1 amide bonds. The van der Waals surface area contributed by atoms with Crippen LogP contribution in [0.1, 0.15) is 11.4 Å². The van der Waals surface area contributed by atoms with Crippen molar-refractivity contribution in [2.24, 2.45) is 0 Å². The molecule has 1 aromatic carbocycles. The highest BCUT2D eigenvalue weighted by molar-refractivity contribution is 5.82. The van der Waals surface area contributed by atoms with Crippen molar-refractivity contribution >= 4 is 11.6 Å². The Morgan fingerprint density at radius 3 is 2.71 bits per heavy atom. The minimum atomic E-state index is -0.609. The Balaban J connectivity index is 1.21. The molecule has 2 aliphatic heterocycles. The third-order valence-electron chi connectivity index (χ3n) is 5.93. The van der Waals surface area contributed by atoms with Gasteiger partial charge in [0.25, 0.3) is 11.5 Å². The SMILES string of the molecule is Cc1cccc2nc(C[NH+]3CCN(C(=O)[C@@H]4COc5ccccc5O4)CC3)cc(=O)n12. The van der Waals surface area contributed by atoms with Gasteiger partial charge >= 0.3 is 0 Å². The van der Waals surface area contributed by atoms with Crippen molar-refractivity contribution in [2.45, 2.75) is 19.6 Å². The van der Waals surface area contributed by atoms with Crippen LogP contribution in [0.4, 0.5) is 0 Å². The van der Waals surface area contributed by atoms with Crippen molar-refractivity contribution in [3.63, 3.8) is 0 Å². The highest BCUT2D eigenvalue weighted by Crippen LogP contribution is 2.31. The van der Waals surface area contributed by atoms with Crippen molar-refractivity contribution in [1.82, 2.24) is 14.3 Å². The van der Waals surface area contributed by atoms with Gasteiger partial charge in [-0.25, -0.2) is 4.98 Å². The van der Waals surface area contributed by atoms with Gasteiger partial charge in [-0.15, -0.1) is 0 Å². The zero-order chi connectivity index (χ0) is 21.4. The van der Waals surface area contributed by atoms with Gasteiger partial charge in [0.2, 0.25) is 6.10 Å². The van der Waals surface area contributed by atoms with Gasteiger partial charge in [0.05, 0.1) is 26.2 Å². The molecule has 5 rings (SSSR count). The first-order valence-electron chi connectivity index (χ1n) is 10.6. The van der Waals surface area contributed by atoms with Crippen LogP contribution in [0.5, 0.6) is 11.5 Å². The van der Waals surface area contributed by atoms with Gasteiger partial charge in [0, 0.05) is 11.8 Å². The summed E-state index contributed by atoms with van der Waals surface area (Å²) in [5.41, 5.74) is 2.27. The molecule has 1 saturated heterocycles. The molecule has 1 fully saturated rings. The van der Waals surface area contributed by atoms with E-state index < -0.39 is 6.10 Å². The van der Waals surface area contributed by atoms with Crippen LogP contribution >= 0.6 is 0 Å². The lowest BCUT2D eigenvalue weighted by molar-refractivity contribution is -0.917. The molecule has 2 aromatic heterocycles. The molecule has 4 heterocycles. The monoisotopic (exact) mass is 421 g/mol. The molecule has 0 saturated carbocycles. The fraction of sp³-hybridized carbons (Fsp3) is 0.348. The van der Waals surface area contributed by atoms with E-state index >= 15 is 0 Å². The zero-order valence-corrected chi connectivity index (χ0v) is 17.4. The molecule has 0 bridgehead atoms. The summed E-state index contributed by atoms with van der Waals surface area (Å²) in [5, 5.41) is 0. The average molecular weight is 421 g/mol. The van der Waals surface area contributed by atoms with Gasteiger partial charge in [-0.05, 0) is 31.2 Å². The maximum absolute atomic E-state index is 12.9. The normalized spacial score (nSPS) is 18.9. The molecule has 2 aliphatic rings. The van der Waals surface area contributed by atoms with Gasteiger partial charge in [-0.2, -0.15) is 0 Å². The van der Waals surface area contributed by atoms with Crippen LogP contribution in [0.3, 0.4) is 0 Å². The van der Waals surface area contributed by atoms with Crippen molar-refractivity contribution < 1.29 is 19.2 Å². The number of fused-ring (bicyclic) bond motifs is 2. The molecule has 1 atom stereocenters. The third-order valence-corrected chi connectivity index (χ3v) is 5.93. The average Bonchev–Trinajstić information content (AvgIpc) is 2.78. The van der Waals surface area contributed by atoms with Crippen LogP contribution in [0.25, 0.3) is 5.65 Å². The number of nitrogens with one attached hydrogen (secondary N) is 1. The molecule has 31 heavy (non-hydrogen) atoms. The first-order chi connectivity index (χ1) is 15.1. The summed E-state index contributed by atoms with van der Waals surface area (Å²) in [6.07, 6.45) is -0.609. The first kappa shape index (κ1) is 19.6. The molecule has 1 N–H and O–H groups in total. The standard InChI is InChI=1S/C23H24N4O4/c1-16-5-4-8-21-24-17(13-22(28)27(16)21)14-25-9-11-26(12-10-25)23(29)20-15-30-18-6-2-3-7-19(18)31-20/h2-8,13,20H,9-12,14-15H2,1H3/p+1/t20-/m0/s1. The number of nitrogens with zero attached hydrogens (tertiary/aromatic N) is 3. The van der Waals surface area contributed by atoms with E-state index in [-0.39, 0.29) is 18.1 Å². The number of pyridine rings is 1. The smallest absolute Gasteiger partial charge is 0.267 e. The fourth-order valence-corrected chi connectivity index (χ4v) is 4.28. The number of aryl methyl sites for hydroxylation is 1. The predicted molar refractivity (Wildman–Crippen MR) is 114 cm³/mol. The third kappa shape index (κ3) is 3.86. The lowest BCUT2D eigenvalue weighted by Crippen LogP contribution is -3.13. The van der Waals surface area contributed by atoms with Crippen molar-refractivity contribution in [1.29, 1.82) is 0 Å². The van der Waals surface area contributed by atoms with Gasteiger partial charge in [-0.1, -0.05) is 18.2 Å². The molecular formula is C23H25N4O4+. The van der Waals surface area contributed by atoms with Crippen LogP contribution in [-0.2, 0) is 11.3 Å². The topological polar surface area (TPSA) is 77.6 Å². The summed E-state index contributed by atoms with van der Waals surface area (Å²) in [5.74, 6) is 1.25. The fourth-order valence-electron chi connectivity index (χ4n) is 4.28. The Morgan fingerprint density at radius 1 is 1.13 bits per heavy atom. The van der Waals surface area contributed by atoms with Gasteiger partial charge in [0.15, 0.2) is 11.5 Å². The quantitative estimate of drug-likeness (QED) is 0.648. The van der Waals surface area contributed by atoms with Crippen LogP contribution in [0.15, 0.2) is 53.3 Å². The summed E-state index contributed by atoms with van der Waals surface area (Å²) >= 11 is 0. The predicted octanol–water partition coefficient (Wildman–Crippen LogP) is 0.0700. The van der Waals surface area contributed by atoms with Gasteiger partial charge in [0.1, 0.15) is 24.5 Å². The van der Waals surface area contributed by atoms with E-state index in [9.17, 15) is 9.59 Å². The number of para-hydroxylation sites is 2. The van der Waals surface area contributed by atoms with E-state index in [1.807, 2.05) is 54.3 Å². The van der Waals surface area contributed by atoms with E-state index in [0.717, 1.165) is 24.5 Å². The number of piperazine rings is 1. The number of quaternary nitrogens is 1. The molecule has 0 aliphatic carbocycles. The number of hydrogen-bond acceptors (Lipinski definition) is 5. The van der Waals surface area contributed by atoms with Crippen LogP contribution < -0.4 is 19.9 Å². The molecule has 8 heteroatoms. The summed E-state index contributed by atoms with van der Waals surface area (Å²) in [7, 11) is 0. The van der Waals surface area contributed by atoms with E-state index in [1.54, 1.807) is 10.5 Å². The van der Waals surface area contributed by atoms with Crippen LogP contribution in [-0.4, -0.2) is 59.1 Å². The number of carbonyl (C=O) groups is 1. The number of benzene rings is 1. The maximum atomic E-state index is 12.9. The second-order valence-corrected chi connectivity index (χ2v) is 8.06. The largest absolute Gasteiger partial charge is 0.485 e. The van der Waals surface area contributed by atoms with Gasteiger partial charge in [-0.3, -0.25) is 14.0 Å². The Morgan fingerprint density at radius 2 is 1.90 bits per heavy atom. The number of carbonyl (C=O) groups excluding carboxylic acids is 1. The number of hydrogen-bond donors (Lipinski definition) is 1. The Kier molecular flexibility index (Phi) is 5.07. The van der Waals surface area contributed by atoms with Gasteiger partial charge < -0.3 is 19.3 Å². The minimum Gasteiger partial charge on any atom is -0.485 e. The highest BCUT2D eigenvalue weighted by Gasteiger charge is 2.33. The molecule has 0 radical (unpaired) electrons. The number of aromatic nitrogens is 2. The molecular weight excluding hydrogens is 396 g/mol. The minimum absolute atomic E-state index is 0.0360. The van der Waals surface area contributed by atoms with E-state index in [0.29, 0.717) is 36.8 Å². The Bertz CT molecular complexity index is 1180. The lowest BCUT2D eigenvalue weighted by Gasteiger charge is -2.35. The van der Waals surface area contributed by atoms with Crippen molar-refractivity contribution in [3.8, 4) is 11.5 Å². The number of rotatable bonds is 3. The summed E-state index contributed by atoms with van der Waals surface area (Å²) in [6.45, 7) is 5.67. The number of amides is 1. The zero-order valence-electron chi connectivity index (χ0n) is 17.4. The summed E-state index contributed by atoms with van der Waals surface area (Å²) in [6, 6.07) is 14.7. The maximum Gasteiger partial charge on any atom is 0.267 e. The molecule has 160 valence electrons. The molecule has 3 aromatic rings. The van der Waals surface area contributed by atoms with Crippen molar-refractivity contribution in [3.05, 3.63) is 70.3 Å². The second kappa shape index (κ2) is 8.03. The van der Waals surface area contributed by atoms with E-state index in [4.69, 9.17) is 9.47 Å². The second-order valence-electron chi connectivity index (χ2n) is 8.06. The Labute approximate surface area is 179 Å². The molecule has 0 unspecified atom stereocenters. The van der Waals surface area contributed by atoms with Crippen molar-refractivity contribution in [2.75, 3.05) is 32.8 Å². The molecule has 0 spiro atoms. The highest BCUT2D eigenvalue weighted by atomic mass is 16.6. The summed E-state index contributed by atoms with van der Waals surface area (Å²) < 4.78 is 13.2. The lowest BCUT2D eigenvalue weighted by atomic mass is 10.2. The van der Waals surface area contributed by atoms with E-state index in [2.05, 4.69) is 4.98 Å². The molecule has 8 nitrogen and oxygen atoms in total. The van der Waals surface area contributed by atoms with Crippen LogP contribution in [0, 0.1) is 6.92 Å². The van der Waals surface area contributed by atoms with Crippen LogP contribution in [0.2, 0.25) is 0 Å². The van der Waals surface area contributed by atoms with E-state index in [1.165, 1.54) is 4.90 Å². The summed E-state index contributed by atoms with van der Waals surface area (Å²) in [4.78, 5) is 33.2. The number of ether oxygens (including phenoxy) is 2.